The van der Waals surface area contributed by atoms with E-state index < -0.39 is 6.36 Å². The molecule has 2 aromatic carbocycles. The van der Waals surface area contributed by atoms with Crippen LogP contribution in [-0.4, -0.2) is 16.3 Å². The minimum Gasteiger partial charge on any atom is -0.406 e. The number of nitrogens with two attached hydrogens (primary N) is 1. The fourth-order valence-electron chi connectivity index (χ4n) is 2.03. The summed E-state index contributed by atoms with van der Waals surface area (Å²) in [5.41, 5.74) is 7.04. The lowest BCUT2D eigenvalue weighted by Gasteiger charge is -2.10. The first-order valence-electron chi connectivity index (χ1n) is 6.56. The largest absolute Gasteiger partial charge is 0.573 e. The maximum absolute atomic E-state index is 12.1. The van der Waals surface area contributed by atoms with Crippen LogP contribution >= 0.6 is 0 Å². The lowest BCUT2D eigenvalue weighted by Crippen LogP contribution is -2.17. The number of hydrogen-bond acceptors (Lipinski definition) is 5. The van der Waals surface area contributed by atoms with E-state index in [0.717, 1.165) is 5.39 Å². The number of hydrogen-bond donors (Lipinski definition) is 2. The molecule has 118 valence electrons. The summed E-state index contributed by atoms with van der Waals surface area (Å²) in [4.78, 5) is 8.42. The van der Waals surface area contributed by atoms with Crippen LogP contribution in [0.2, 0.25) is 0 Å². The van der Waals surface area contributed by atoms with E-state index in [-0.39, 0.29) is 11.7 Å². The third kappa shape index (κ3) is 3.60. The van der Waals surface area contributed by atoms with Crippen molar-refractivity contribution in [2.75, 3.05) is 11.1 Å². The van der Waals surface area contributed by atoms with Crippen molar-refractivity contribution in [3.05, 3.63) is 48.5 Å². The number of nitrogens with zero attached hydrogens (tertiary/aromatic N) is 2. The van der Waals surface area contributed by atoms with Gasteiger partial charge in [0, 0.05) is 11.1 Å². The average Bonchev–Trinajstić information content (AvgIpc) is 2.48. The highest BCUT2D eigenvalue weighted by Gasteiger charge is 2.30. The Morgan fingerprint density at radius 3 is 2.35 bits per heavy atom. The smallest absolute Gasteiger partial charge is 0.406 e. The second kappa shape index (κ2) is 5.64. The number of benzene rings is 2. The van der Waals surface area contributed by atoms with Gasteiger partial charge in [-0.3, -0.25) is 0 Å². The molecule has 5 nitrogen and oxygen atoms in total. The molecule has 0 bridgehead atoms. The van der Waals surface area contributed by atoms with Crippen LogP contribution in [0.1, 0.15) is 0 Å². The van der Waals surface area contributed by atoms with Gasteiger partial charge in [-0.2, -0.15) is 4.98 Å². The summed E-state index contributed by atoms with van der Waals surface area (Å²) in [5, 5.41) is 3.62. The molecule has 0 unspecified atom stereocenters. The average molecular weight is 320 g/mol. The number of nitrogens with one attached hydrogen (secondary N) is 1. The molecule has 3 rings (SSSR count). The standard InChI is InChI=1S/C15H11F3N4O/c16-15(17,18)23-10-7-5-9(6-8-10)20-14-21-12-4-2-1-3-11(12)13(19)22-14/h1-8H,(H3,19,20,21,22). The van der Waals surface area contributed by atoms with Gasteiger partial charge in [-0.05, 0) is 36.4 Å². The Morgan fingerprint density at radius 2 is 1.65 bits per heavy atom. The third-order valence-corrected chi connectivity index (χ3v) is 2.98. The molecule has 23 heavy (non-hydrogen) atoms. The maximum Gasteiger partial charge on any atom is 0.573 e. The van der Waals surface area contributed by atoms with E-state index in [9.17, 15) is 13.2 Å². The molecule has 0 saturated heterocycles. The second-order valence-electron chi connectivity index (χ2n) is 4.65. The van der Waals surface area contributed by atoms with Crippen LogP contribution in [0.15, 0.2) is 48.5 Å². The van der Waals surface area contributed by atoms with Gasteiger partial charge in [0.1, 0.15) is 11.6 Å². The number of para-hydroxylation sites is 1. The predicted molar refractivity (Wildman–Crippen MR) is 80.4 cm³/mol. The molecule has 0 aliphatic heterocycles. The Labute approximate surface area is 128 Å². The van der Waals surface area contributed by atoms with E-state index in [2.05, 4.69) is 20.0 Å². The molecule has 0 saturated carbocycles. The van der Waals surface area contributed by atoms with Crippen molar-refractivity contribution < 1.29 is 17.9 Å². The molecule has 0 radical (unpaired) electrons. The normalized spacial score (nSPS) is 11.4. The highest BCUT2D eigenvalue weighted by molar-refractivity contribution is 5.89. The SMILES string of the molecule is Nc1nc(Nc2ccc(OC(F)(F)F)cc2)nc2ccccc12. The zero-order valence-corrected chi connectivity index (χ0v) is 11.6. The fourth-order valence-corrected chi connectivity index (χ4v) is 2.03. The van der Waals surface area contributed by atoms with Gasteiger partial charge in [0.15, 0.2) is 0 Å². The summed E-state index contributed by atoms with van der Waals surface area (Å²) >= 11 is 0. The Bertz CT molecular complexity index is 834. The molecule has 0 fully saturated rings. The van der Waals surface area contributed by atoms with E-state index in [0.29, 0.717) is 17.0 Å². The molecule has 1 aromatic heterocycles. The molecular weight excluding hydrogens is 309 g/mol. The van der Waals surface area contributed by atoms with Crippen LogP contribution in [0.4, 0.5) is 30.6 Å². The minimum atomic E-state index is -4.72. The number of rotatable bonds is 3. The van der Waals surface area contributed by atoms with Crippen LogP contribution in [0.3, 0.4) is 0 Å². The molecule has 3 aromatic rings. The highest BCUT2D eigenvalue weighted by Crippen LogP contribution is 2.25. The van der Waals surface area contributed by atoms with Crippen LogP contribution in [-0.2, 0) is 0 Å². The van der Waals surface area contributed by atoms with Crippen LogP contribution in [0.25, 0.3) is 10.9 Å². The van der Waals surface area contributed by atoms with Crippen LogP contribution < -0.4 is 15.8 Å². The second-order valence-corrected chi connectivity index (χ2v) is 4.65. The third-order valence-electron chi connectivity index (χ3n) is 2.98. The number of anilines is 3. The van der Waals surface area contributed by atoms with Crippen LogP contribution in [0.5, 0.6) is 5.75 Å². The summed E-state index contributed by atoms with van der Waals surface area (Å²) in [5.74, 6) is 0.266. The molecule has 0 amide bonds. The van der Waals surface area contributed by atoms with Gasteiger partial charge < -0.3 is 15.8 Å². The Balaban J connectivity index is 1.82. The van der Waals surface area contributed by atoms with E-state index >= 15 is 0 Å². The number of fused-ring (bicyclic) bond motifs is 1. The van der Waals surface area contributed by atoms with E-state index in [1.807, 2.05) is 12.1 Å². The quantitative estimate of drug-likeness (QED) is 0.767. The lowest BCUT2D eigenvalue weighted by molar-refractivity contribution is -0.274. The molecule has 8 heteroatoms. The van der Waals surface area contributed by atoms with Crippen molar-refractivity contribution in [3.8, 4) is 5.75 Å². The molecule has 0 spiro atoms. The first-order valence-corrected chi connectivity index (χ1v) is 6.56. The zero-order chi connectivity index (χ0) is 16.4. The summed E-state index contributed by atoms with van der Waals surface area (Å²) in [7, 11) is 0. The number of ether oxygens (including phenoxy) is 1. The number of nitrogen functional groups attached to an aromatic ring is 1. The van der Waals surface area contributed by atoms with Gasteiger partial charge in [-0.25, -0.2) is 4.98 Å². The van der Waals surface area contributed by atoms with Gasteiger partial charge in [-0.1, -0.05) is 12.1 Å². The Hall–Kier alpha value is -3.03. The van der Waals surface area contributed by atoms with Crippen molar-refractivity contribution in [2.45, 2.75) is 6.36 Å². The van der Waals surface area contributed by atoms with Gasteiger partial charge in [0.2, 0.25) is 5.95 Å². The highest BCUT2D eigenvalue weighted by atomic mass is 19.4. The zero-order valence-electron chi connectivity index (χ0n) is 11.6. The molecule has 0 aliphatic carbocycles. The lowest BCUT2D eigenvalue weighted by atomic mass is 10.2. The molecular formula is C15H11F3N4O. The monoisotopic (exact) mass is 320 g/mol. The first-order chi connectivity index (χ1) is 10.9. The maximum atomic E-state index is 12.1. The number of halogens is 3. The number of aromatic nitrogens is 2. The summed E-state index contributed by atoms with van der Waals surface area (Å²) in [6, 6.07) is 12.5. The van der Waals surface area contributed by atoms with Gasteiger partial charge in [0.05, 0.1) is 5.52 Å². The molecule has 1 heterocycles. The van der Waals surface area contributed by atoms with Crippen molar-refractivity contribution >= 4 is 28.4 Å². The van der Waals surface area contributed by atoms with Crippen molar-refractivity contribution in [2.24, 2.45) is 0 Å². The van der Waals surface area contributed by atoms with Crippen molar-refractivity contribution in [1.82, 2.24) is 9.97 Å². The van der Waals surface area contributed by atoms with E-state index in [1.54, 1.807) is 12.1 Å². The van der Waals surface area contributed by atoms with Gasteiger partial charge in [0.25, 0.3) is 0 Å². The van der Waals surface area contributed by atoms with Crippen LogP contribution in [0, 0.1) is 0 Å². The summed E-state index contributed by atoms with van der Waals surface area (Å²) < 4.78 is 40.1. The fraction of sp³-hybridized carbons (Fsp3) is 0.0667. The van der Waals surface area contributed by atoms with Crippen molar-refractivity contribution in [3.63, 3.8) is 0 Å². The number of alkyl halides is 3. The first kappa shape index (κ1) is 14.9. The van der Waals surface area contributed by atoms with E-state index in [1.165, 1.54) is 24.3 Å². The van der Waals surface area contributed by atoms with Crippen molar-refractivity contribution in [1.29, 1.82) is 0 Å². The molecule has 0 atom stereocenters. The Morgan fingerprint density at radius 1 is 0.957 bits per heavy atom. The molecule has 0 aliphatic rings. The van der Waals surface area contributed by atoms with Gasteiger partial charge in [-0.15, -0.1) is 13.2 Å². The minimum absolute atomic E-state index is 0.255. The summed E-state index contributed by atoms with van der Waals surface area (Å²) in [6.45, 7) is 0. The predicted octanol–water partition coefficient (Wildman–Crippen LogP) is 3.85. The van der Waals surface area contributed by atoms with E-state index in [4.69, 9.17) is 5.73 Å². The summed E-state index contributed by atoms with van der Waals surface area (Å²) in [6.07, 6.45) is -4.72. The molecule has 3 N–H and O–H groups in total. The van der Waals surface area contributed by atoms with Gasteiger partial charge >= 0.3 is 6.36 Å². The Kier molecular flexibility index (Phi) is 3.65. The topological polar surface area (TPSA) is 73.1 Å².